The average Bonchev–Trinajstić information content (AvgIpc) is 2.11. The number of esters is 1. The standard InChI is InChI=1S/C12H18O3/c1-7(2)8(13)15-10-11(3,4)9(14)12(10,5)6/h10H,1H2,2-6H3. The minimum atomic E-state index is -0.575. The smallest absolute Gasteiger partial charge is 0.333 e. The Balaban J connectivity index is 2.83. The van der Waals surface area contributed by atoms with E-state index in [1.807, 2.05) is 0 Å². The van der Waals surface area contributed by atoms with Gasteiger partial charge in [0.25, 0.3) is 0 Å². The Morgan fingerprint density at radius 3 is 2.00 bits per heavy atom. The third-order valence-electron chi connectivity index (χ3n) is 3.05. The van der Waals surface area contributed by atoms with E-state index in [9.17, 15) is 9.59 Å². The van der Waals surface area contributed by atoms with Gasteiger partial charge in [0.1, 0.15) is 6.10 Å². The molecule has 0 aromatic rings. The number of carbonyl (C=O) groups excluding carboxylic acids is 2. The van der Waals surface area contributed by atoms with Gasteiger partial charge in [-0.1, -0.05) is 6.58 Å². The predicted octanol–water partition coefficient (Wildman–Crippen LogP) is 2.11. The molecule has 1 saturated carbocycles. The lowest BCUT2D eigenvalue weighted by Crippen LogP contribution is -2.65. The van der Waals surface area contributed by atoms with Crippen LogP contribution in [0.3, 0.4) is 0 Å². The summed E-state index contributed by atoms with van der Waals surface area (Å²) in [4.78, 5) is 23.1. The van der Waals surface area contributed by atoms with Crippen molar-refractivity contribution in [2.45, 2.75) is 40.7 Å². The molecule has 1 fully saturated rings. The van der Waals surface area contributed by atoms with Gasteiger partial charge in [0, 0.05) is 5.57 Å². The zero-order valence-electron chi connectivity index (χ0n) is 10.0. The first-order valence-electron chi connectivity index (χ1n) is 5.03. The summed E-state index contributed by atoms with van der Waals surface area (Å²) in [5.41, 5.74) is -0.788. The molecule has 0 radical (unpaired) electrons. The molecule has 0 N–H and O–H groups in total. The summed E-state index contributed by atoms with van der Waals surface area (Å²) in [6.45, 7) is 12.3. The minimum Gasteiger partial charge on any atom is -0.457 e. The van der Waals surface area contributed by atoms with Crippen LogP contribution in [0.1, 0.15) is 34.6 Å². The largest absolute Gasteiger partial charge is 0.457 e. The molecular formula is C12H18O3. The summed E-state index contributed by atoms with van der Waals surface area (Å²) in [6.07, 6.45) is -0.360. The van der Waals surface area contributed by atoms with Crippen molar-refractivity contribution >= 4 is 11.8 Å². The maximum absolute atomic E-state index is 11.8. The van der Waals surface area contributed by atoms with Gasteiger partial charge in [-0.2, -0.15) is 0 Å². The first kappa shape index (κ1) is 12.0. The van der Waals surface area contributed by atoms with E-state index in [1.165, 1.54) is 0 Å². The van der Waals surface area contributed by atoms with Gasteiger partial charge in [-0.25, -0.2) is 4.79 Å². The maximum Gasteiger partial charge on any atom is 0.333 e. The average molecular weight is 210 g/mol. The number of ketones is 1. The van der Waals surface area contributed by atoms with E-state index in [0.717, 1.165) is 0 Å². The van der Waals surface area contributed by atoms with Gasteiger partial charge in [-0.15, -0.1) is 0 Å². The molecule has 0 saturated heterocycles. The Morgan fingerprint density at radius 2 is 1.67 bits per heavy atom. The Kier molecular flexibility index (Phi) is 2.54. The van der Waals surface area contributed by atoms with Gasteiger partial charge in [-0.05, 0) is 34.6 Å². The van der Waals surface area contributed by atoms with Crippen molar-refractivity contribution in [3.63, 3.8) is 0 Å². The van der Waals surface area contributed by atoms with Crippen molar-refractivity contribution in [1.29, 1.82) is 0 Å². The maximum atomic E-state index is 11.8. The van der Waals surface area contributed by atoms with Crippen LogP contribution in [0.15, 0.2) is 12.2 Å². The van der Waals surface area contributed by atoms with E-state index < -0.39 is 16.8 Å². The predicted molar refractivity (Wildman–Crippen MR) is 57.3 cm³/mol. The molecular weight excluding hydrogens is 192 g/mol. The summed E-state index contributed by atoms with van der Waals surface area (Å²) in [7, 11) is 0. The highest BCUT2D eigenvalue weighted by atomic mass is 16.5. The second kappa shape index (κ2) is 3.19. The van der Waals surface area contributed by atoms with Crippen LogP contribution in [-0.4, -0.2) is 17.9 Å². The number of hydrogen-bond donors (Lipinski definition) is 0. The van der Waals surface area contributed by atoms with Crippen LogP contribution in [0.2, 0.25) is 0 Å². The number of rotatable bonds is 2. The van der Waals surface area contributed by atoms with Gasteiger partial charge in [0.15, 0.2) is 5.78 Å². The third kappa shape index (κ3) is 1.60. The van der Waals surface area contributed by atoms with Crippen LogP contribution in [0.4, 0.5) is 0 Å². The summed E-state index contributed by atoms with van der Waals surface area (Å²) in [6, 6.07) is 0. The van der Waals surface area contributed by atoms with Crippen LogP contribution in [-0.2, 0) is 14.3 Å². The molecule has 84 valence electrons. The first-order chi connectivity index (χ1) is 6.61. The first-order valence-corrected chi connectivity index (χ1v) is 5.03. The van der Waals surface area contributed by atoms with Crippen molar-refractivity contribution < 1.29 is 14.3 Å². The van der Waals surface area contributed by atoms with Crippen LogP contribution < -0.4 is 0 Å². The van der Waals surface area contributed by atoms with Crippen molar-refractivity contribution in [3.05, 3.63) is 12.2 Å². The molecule has 0 aliphatic heterocycles. The molecule has 0 amide bonds. The fraction of sp³-hybridized carbons (Fsp3) is 0.667. The lowest BCUT2D eigenvalue weighted by atomic mass is 9.52. The monoisotopic (exact) mass is 210 g/mol. The number of ether oxygens (including phenoxy) is 1. The molecule has 3 nitrogen and oxygen atoms in total. The lowest BCUT2D eigenvalue weighted by Gasteiger charge is -2.53. The Hall–Kier alpha value is -1.12. The summed E-state index contributed by atoms with van der Waals surface area (Å²) >= 11 is 0. The van der Waals surface area contributed by atoms with Crippen molar-refractivity contribution in [3.8, 4) is 0 Å². The third-order valence-corrected chi connectivity index (χ3v) is 3.05. The topological polar surface area (TPSA) is 43.4 Å². The van der Waals surface area contributed by atoms with E-state index in [2.05, 4.69) is 6.58 Å². The number of hydrogen-bond acceptors (Lipinski definition) is 3. The highest BCUT2D eigenvalue weighted by molar-refractivity contribution is 5.98. The van der Waals surface area contributed by atoms with E-state index >= 15 is 0 Å². The normalized spacial score (nSPS) is 23.1. The van der Waals surface area contributed by atoms with E-state index in [1.54, 1.807) is 34.6 Å². The van der Waals surface area contributed by atoms with E-state index in [4.69, 9.17) is 4.74 Å². The van der Waals surface area contributed by atoms with Crippen LogP contribution in [0.5, 0.6) is 0 Å². The Bertz CT molecular complexity index is 319. The van der Waals surface area contributed by atoms with Gasteiger partial charge >= 0.3 is 5.97 Å². The van der Waals surface area contributed by atoms with Crippen molar-refractivity contribution in [1.82, 2.24) is 0 Å². The molecule has 1 aliphatic carbocycles. The number of carbonyl (C=O) groups is 2. The molecule has 0 spiro atoms. The Morgan fingerprint density at radius 1 is 1.27 bits per heavy atom. The highest BCUT2D eigenvalue weighted by Gasteiger charge is 2.63. The molecule has 3 heteroatoms. The zero-order valence-corrected chi connectivity index (χ0v) is 10.0. The minimum absolute atomic E-state index is 0.134. The molecule has 0 aromatic carbocycles. The van der Waals surface area contributed by atoms with Crippen LogP contribution in [0.25, 0.3) is 0 Å². The second-order valence-electron chi connectivity index (χ2n) is 5.34. The Labute approximate surface area is 90.5 Å². The lowest BCUT2D eigenvalue weighted by molar-refractivity contribution is -0.195. The molecule has 0 atom stereocenters. The van der Waals surface area contributed by atoms with Gasteiger partial charge in [0.05, 0.1) is 10.8 Å². The van der Waals surface area contributed by atoms with E-state index in [0.29, 0.717) is 5.57 Å². The fourth-order valence-electron chi connectivity index (χ4n) is 2.40. The zero-order chi connectivity index (χ0) is 12.0. The van der Waals surface area contributed by atoms with Gasteiger partial charge in [-0.3, -0.25) is 4.79 Å². The summed E-state index contributed by atoms with van der Waals surface area (Å²) in [5, 5.41) is 0. The quantitative estimate of drug-likeness (QED) is 0.518. The highest BCUT2D eigenvalue weighted by Crippen LogP contribution is 2.52. The molecule has 0 unspecified atom stereocenters. The van der Waals surface area contributed by atoms with Crippen molar-refractivity contribution in [2.24, 2.45) is 10.8 Å². The molecule has 1 rings (SSSR count). The van der Waals surface area contributed by atoms with Gasteiger partial charge in [0.2, 0.25) is 0 Å². The van der Waals surface area contributed by atoms with Crippen LogP contribution >= 0.6 is 0 Å². The van der Waals surface area contributed by atoms with Gasteiger partial charge < -0.3 is 4.74 Å². The molecule has 0 heterocycles. The van der Waals surface area contributed by atoms with E-state index in [-0.39, 0.29) is 11.9 Å². The summed E-state index contributed by atoms with van der Waals surface area (Å²) < 4.78 is 5.29. The molecule has 1 aliphatic rings. The molecule has 15 heavy (non-hydrogen) atoms. The summed E-state index contributed by atoms with van der Waals surface area (Å²) in [5.74, 6) is -0.289. The molecule has 0 aromatic heterocycles. The molecule has 0 bridgehead atoms. The van der Waals surface area contributed by atoms with Crippen LogP contribution in [0, 0.1) is 10.8 Å². The SMILES string of the molecule is C=C(C)C(=O)OC1C(C)(C)C(=O)C1(C)C. The second-order valence-corrected chi connectivity index (χ2v) is 5.34. The number of Topliss-reactive ketones (excluding diaryl/α,β-unsaturated/α-hetero) is 1. The van der Waals surface area contributed by atoms with Crippen molar-refractivity contribution in [2.75, 3.05) is 0 Å². The fourth-order valence-corrected chi connectivity index (χ4v) is 2.40.